The van der Waals surface area contributed by atoms with Gasteiger partial charge in [-0.25, -0.2) is 13.4 Å². The Hall–Kier alpha value is -1.81. The number of carbonyl (C=O) groups is 1. The Labute approximate surface area is 188 Å². The van der Waals surface area contributed by atoms with E-state index in [2.05, 4.69) is 26.2 Å². The SMILES string of the molecule is CCC1CCCCN1S(=O)(=O)c1ccc(C(=O)Nc2nc3ccc(Br)cc3s2)cc1. The number of carbonyl (C=O) groups excluding carboxylic acids is 1. The quantitative estimate of drug-likeness (QED) is 0.510. The van der Waals surface area contributed by atoms with E-state index in [0.717, 1.165) is 40.4 Å². The third-order valence-electron chi connectivity index (χ3n) is 5.34. The van der Waals surface area contributed by atoms with Crippen LogP contribution in [0.5, 0.6) is 0 Å². The number of hydrogen-bond donors (Lipinski definition) is 1. The fourth-order valence-corrected chi connectivity index (χ4v) is 6.91. The molecular weight excluding hydrogens is 486 g/mol. The van der Waals surface area contributed by atoms with Gasteiger partial charge in [-0.3, -0.25) is 10.1 Å². The van der Waals surface area contributed by atoms with Crippen molar-refractivity contribution in [1.29, 1.82) is 0 Å². The Morgan fingerprint density at radius 1 is 1.23 bits per heavy atom. The number of rotatable bonds is 5. The first-order valence-electron chi connectivity index (χ1n) is 9.88. The van der Waals surface area contributed by atoms with Crippen LogP contribution < -0.4 is 5.32 Å². The first-order valence-corrected chi connectivity index (χ1v) is 12.9. The minimum absolute atomic E-state index is 0.0470. The van der Waals surface area contributed by atoms with Gasteiger partial charge >= 0.3 is 0 Å². The molecule has 1 atom stereocenters. The monoisotopic (exact) mass is 507 g/mol. The van der Waals surface area contributed by atoms with Gasteiger partial charge in [0, 0.05) is 22.6 Å². The van der Waals surface area contributed by atoms with E-state index in [-0.39, 0.29) is 16.8 Å². The van der Waals surface area contributed by atoms with Crippen LogP contribution in [-0.2, 0) is 10.0 Å². The number of piperidine rings is 1. The van der Waals surface area contributed by atoms with Crippen LogP contribution in [0.3, 0.4) is 0 Å². The molecule has 3 aromatic rings. The number of anilines is 1. The normalized spacial score (nSPS) is 17.9. The van der Waals surface area contributed by atoms with Crippen LogP contribution >= 0.6 is 27.3 Å². The van der Waals surface area contributed by atoms with Crippen molar-refractivity contribution in [2.24, 2.45) is 0 Å². The molecule has 1 saturated heterocycles. The van der Waals surface area contributed by atoms with E-state index in [1.807, 2.05) is 25.1 Å². The molecule has 0 spiro atoms. The fourth-order valence-electron chi connectivity index (χ4n) is 3.73. The van der Waals surface area contributed by atoms with Crippen molar-refractivity contribution in [3.63, 3.8) is 0 Å². The molecule has 1 N–H and O–H groups in total. The van der Waals surface area contributed by atoms with Crippen molar-refractivity contribution >= 4 is 58.5 Å². The second-order valence-electron chi connectivity index (χ2n) is 7.28. The first kappa shape index (κ1) is 21.4. The van der Waals surface area contributed by atoms with Crippen molar-refractivity contribution in [2.75, 3.05) is 11.9 Å². The van der Waals surface area contributed by atoms with Gasteiger partial charge in [-0.05, 0) is 61.7 Å². The second-order valence-corrected chi connectivity index (χ2v) is 11.1. The summed E-state index contributed by atoms with van der Waals surface area (Å²) in [5.41, 5.74) is 1.20. The van der Waals surface area contributed by atoms with Crippen molar-refractivity contribution in [3.05, 3.63) is 52.5 Å². The van der Waals surface area contributed by atoms with Crippen molar-refractivity contribution < 1.29 is 13.2 Å². The number of thiazole rings is 1. The lowest BCUT2D eigenvalue weighted by Crippen LogP contribution is -2.43. The van der Waals surface area contributed by atoms with Gasteiger partial charge in [0.2, 0.25) is 10.0 Å². The van der Waals surface area contributed by atoms with Gasteiger partial charge in [0.1, 0.15) is 0 Å². The van der Waals surface area contributed by atoms with Crippen LogP contribution in [0.4, 0.5) is 5.13 Å². The Kier molecular flexibility index (Phi) is 6.24. The lowest BCUT2D eigenvalue weighted by atomic mass is 10.0. The summed E-state index contributed by atoms with van der Waals surface area (Å²) in [5, 5.41) is 3.30. The van der Waals surface area contributed by atoms with E-state index in [4.69, 9.17) is 0 Å². The molecule has 0 aliphatic carbocycles. The Morgan fingerprint density at radius 3 is 2.73 bits per heavy atom. The average molecular weight is 508 g/mol. The number of amides is 1. The largest absolute Gasteiger partial charge is 0.298 e. The minimum Gasteiger partial charge on any atom is -0.298 e. The number of fused-ring (bicyclic) bond motifs is 1. The van der Waals surface area contributed by atoms with E-state index >= 15 is 0 Å². The van der Waals surface area contributed by atoms with Gasteiger partial charge in [0.25, 0.3) is 5.91 Å². The number of nitrogens with one attached hydrogen (secondary N) is 1. The summed E-state index contributed by atoms with van der Waals surface area (Å²) in [6.07, 6.45) is 3.65. The topological polar surface area (TPSA) is 79.4 Å². The Morgan fingerprint density at radius 2 is 2.00 bits per heavy atom. The molecule has 6 nitrogen and oxygen atoms in total. The molecule has 158 valence electrons. The maximum absolute atomic E-state index is 13.1. The van der Waals surface area contributed by atoms with Gasteiger partial charge in [-0.2, -0.15) is 4.31 Å². The van der Waals surface area contributed by atoms with Crippen molar-refractivity contribution in [1.82, 2.24) is 9.29 Å². The van der Waals surface area contributed by atoms with Crippen LogP contribution in [0.2, 0.25) is 0 Å². The predicted molar refractivity (Wildman–Crippen MR) is 124 cm³/mol. The molecule has 1 aromatic heterocycles. The molecule has 0 radical (unpaired) electrons. The van der Waals surface area contributed by atoms with Gasteiger partial charge in [0.05, 0.1) is 15.1 Å². The molecule has 1 fully saturated rings. The van der Waals surface area contributed by atoms with Gasteiger partial charge in [-0.1, -0.05) is 40.6 Å². The third-order valence-corrected chi connectivity index (χ3v) is 8.73. The van der Waals surface area contributed by atoms with E-state index in [9.17, 15) is 13.2 Å². The smallest absolute Gasteiger partial charge is 0.257 e. The highest BCUT2D eigenvalue weighted by Gasteiger charge is 2.32. The zero-order valence-corrected chi connectivity index (χ0v) is 19.7. The van der Waals surface area contributed by atoms with Crippen molar-refractivity contribution in [2.45, 2.75) is 43.5 Å². The molecule has 2 aromatic carbocycles. The lowest BCUT2D eigenvalue weighted by molar-refractivity contribution is 0.102. The number of aromatic nitrogens is 1. The molecule has 0 bridgehead atoms. The zero-order chi connectivity index (χ0) is 21.3. The highest BCUT2D eigenvalue weighted by atomic mass is 79.9. The van der Waals surface area contributed by atoms with E-state index in [1.54, 1.807) is 16.4 Å². The van der Waals surface area contributed by atoms with E-state index < -0.39 is 10.0 Å². The van der Waals surface area contributed by atoms with Crippen LogP contribution in [0.1, 0.15) is 43.0 Å². The van der Waals surface area contributed by atoms with Gasteiger partial charge in [0.15, 0.2) is 5.13 Å². The molecule has 0 saturated carbocycles. The highest BCUT2D eigenvalue weighted by molar-refractivity contribution is 9.10. The lowest BCUT2D eigenvalue weighted by Gasteiger charge is -2.34. The van der Waals surface area contributed by atoms with Crippen LogP contribution in [0, 0.1) is 0 Å². The first-order chi connectivity index (χ1) is 14.4. The van der Waals surface area contributed by atoms with Crippen LogP contribution in [0.25, 0.3) is 10.2 Å². The Bertz CT molecular complexity index is 1180. The third kappa shape index (κ3) is 4.30. The molecule has 1 unspecified atom stereocenters. The molecule has 1 amide bonds. The number of sulfonamides is 1. The summed E-state index contributed by atoms with van der Waals surface area (Å²) in [7, 11) is -3.56. The summed E-state index contributed by atoms with van der Waals surface area (Å²) in [5.74, 6) is -0.318. The number of benzene rings is 2. The molecule has 4 rings (SSSR count). The Balaban J connectivity index is 1.51. The number of nitrogens with zero attached hydrogens (tertiary/aromatic N) is 2. The van der Waals surface area contributed by atoms with Crippen LogP contribution in [0.15, 0.2) is 51.8 Å². The van der Waals surface area contributed by atoms with Gasteiger partial charge < -0.3 is 0 Å². The highest BCUT2D eigenvalue weighted by Crippen LogP contribution is 2.29. The van der Waals surface area contributed by atoms with E-state index in [0.29, 0.717) is 17.2 Å². The summed E-state index contributed by atoms with van der Waals surface area (Å²) in [4.78, 5) is 17.2. The summed E-state index contributed by atoms with van der Waals surface area (Å²) in [6, 6.07) is 11.9. The number of hydrogen-bond acceptors (Lipinski definition) is 5. The summed E-state index contributed by atoms with van der Waals surface area (Å²) in [6.45, 7) is 2.57. The fraction of sp³-hybridized carbons (Fsp3) is 0.333. The van der Waals surface area contributed by atoms with E-state index in [1.165, 1.54) is 23.5 Å². The van der Waals surface area contributed by atoms with Crippen LogP contribution in [-0.4, -0.2) is 36.2 Å². The maximum atomic E-state index is 13.1. The molecule has 9 heteroatoms. The average Bonchev–Trinajstić information content (AvgIpc) is 3.15. The zero-order valence-electron chi connectivity index (χ0n) is 16.5. The minimum atomic E-state index is -3.56. The summed E-state index contributed by atoms with van der Waals surface area (Å²) < 4.78 is 29.7. The van der Waals surface area contributed by atoms with Crippen molar-refractivity contribution in [3.8, 4) is 0 Å². The maximum Gasteiger partial charge on any atom is 0.257 e. The second kappa shape index (κ2) is 8.74. The molecular formula is C21H22BrN3O3S2. The molecule has 1 aliphatic rings. The predicted octanol–water partition coefficient (Wildman–Crippen LogP) is 5.26. The standard InChI is InChI=1S/C21H22BrN3O3S2/c1-2-16-5-3-4-12-25(16)30(27,28)17-9-6-14(7-10-17)20(26)24-21-23-18-11-8-15(22)13-19(18)29-21/h6-11,13,16H,2-5,12H2,1H3,(H,23,24,26). The van der Waals surface area contributed by atoms with Gasteiger partial charge in [-0.15, -0.1) is 0 Å². The number of halogens is 1. The summed E-state index contributed by atoms with van der Waals surface area (Å²) >= 11 is 4.82. The molecule has 2 heterocycles. The molecule has 30 heavy (non-hydrogen) atoms. The molecule has 1 aliphatic heterocycles.